The molecule has 1 aromatic carbocycles. The Labute approximate surface area is 184 Å². The number of esters is 1. The van der Waals surface area contributed by atoms with E-state index < -0.39 is 0 Å². The minimum absolute atomic E-state index is 0. The van der Waals surface area contributed by atoms with Crippen LogP contribution in [0, 0.1) is 5.92 Å². The van der Waals surface area contributed by atoms with Gasteiger partial charge in [-0.05, 0) is 31.4 Å². The van der Waals surface area contributed by atoms with Crippen LogP contribution >= 0.6 is 35.6 Å². The Morgan fingerprint density at radius 1 is 1.33 bits per heavy atom. The maximum atomic E-state index is 11.7. The zero-order valence-corrected chi connectivity index (χ0v) is 19.7. The highest BCUT2D eigenvalue weighted by Gasteiger charge is 2.28. The van der Waals surface area contributed by atoms with Crippen molar-refractivity contribution in [2.75, 3.05) is 33.3 Å². The highest BCUT2D eigenvalue weighted by Crippen LogP contribution is 2.30. The van der Waals surface area contributed by atoms with Gasteiger partial charge in [0.2, 0.25) is 0 Å². The number of ether oxygens (including phenoxy) is 1. The number of benzene rings is 1. The number of carbonyl (C=O) groups excluding carboxylic acids is 1. The number of aliphatic imine (C=N–C) groups is 1. The smallest absolute Gasteiger partial charge is 0.308 e. The molecule has 1 heterocycles. The van der Waals surface area contributed by atoms with Gasteiger partial charge in [-0.3, -0.25) is 9.79 Å². The molecule has 0 radical (unpaired) electrons. The minimum Gasteiger partial charge on any atom is -0.469 e. The summed E-state index contributed by atoms with van der Waals surface area (Å²) in [6, 6.07) is 7.94. The fraction of sp³-hybridized carbons (Fsp3) is 0.600. The number of likely N-dealkylation sites (tertiary alicyclic amines) is 1. The molecule has 0 atom stereocenters. The summed E-state index contributed by atoms with van der Waals surface area (Å²) in [5.74, 6) is 0.793. The molecule has 1 aliphatic rings. The second-order valence-corrected chi connectivity index (χ2v) is 7.73. The molecule has 1 aromatic rings. The summed E-state index contributed by atoms with van der Waals surface area (Å²) in [6.07, 6.45) is 1.59. The SMILES string of the molecule is CCNC(=NCC(C)(C)c1ccccc1Cl)N1CCC(C(=O)OC)CC1.I. The number of nitrogens with zero attached hydrogens (tertiary/aromatic N) is 2. The van der Waals surface area contributed by atoms with Gasteiger partial charge in [-0.1, -0.05) is 43.6 Å². The third-order valence-corrected chi connectivity index (χ3v) is 5.22. The summed E-state index contributed by atoms with van der Waals surface area (Å²) in [5.41, 5.74) is 0.939. The molecule has 0 aliphatic carbocycles. The van der Waals surface area contributed by atoms with E-state index in [0.29, 0.717) is 6.54 Å². The van der Waals surface area contributed by atoms with Crippen molar-refractivity contribution in [3.8, 4) is 0 Å². The van der Waals surface area contributed by atoms with E-state index in [1.165, 1.54) is 7.11 Å². The zero-order chi connectivity index (χ0) is 19.2. The molecule has 0 saturated carbocycles. The second-order valence-electron chi connectivity index (χ2n) is 7.32. The van der Waals surface area contributed by atoms with Gasteiger partial charge in [0.05, 0.1) is 19.6 Å². The van der Waals surface area contributed by atoms with Crippen molar-refractivity contribution in [1.82, 2.24) is 10.2 Å². The predicted molar refractivity (Wildman–Crippen MR) is 122 cm³/mol. The molecule has 0 spiro atoms. The predicted octanol–water partition coefficient (Wildman–Crippen LogP) is 4.09. The molecule has 0 aromatic heterocycles. The van der Waals surface area contributed by atoms with Crippen LogP contribution in [0.1, 0.15) is 39.2 Å². The minimum atomic E-state index is -0.163. The van der Waals surface area contributed by atoms with Crippen LogP contribution in [-0.4, -0.2) is 50.1 Å². The zero-order valence-electron chi connectivity index (χ0n) is 16.6. The molecule has 0 amide bonds. The number of carbonyl (C=O) groups is 1. The van der Waals surface area contributed by atoms with Gasteiger partial charge in [0.1, 0.15) is 0 Å². The first-order valence-electron chi connectivity index (χ1n) is 9.25. The average molecular weight is 508 g/mol. The number of hydrogen-bond acceptors (Lipinski definition) is 3. The lowest BCUT2D eigenvalue weighted by molar-refractivity contribution is -0.146. The lowest BCUT2D eigenvalue weighted by atomic mass is 9.85. The first-order valence-corrected chi connectivity index (χ1v) is 9.63. The lowest BCUT2D eigenvalue weighted by Gasteiger charge is -2.34. The van der Waals surface area contributed by atoms with Crippen LogP contribution in [0.25, 0.3) is 0 Å². The summed E-state index contributed by atoms with van der Waals surface area (Å²) in [6.45, 7) is 9.43. The number of nitrogens with one attached hydrogen (secondary N) is 1. The van der Waals surface area contributed by atoms with E-state index >= 15 is 0 Å². The Balaban J connectivity index is 0.00000364. The monoisotopic (exact) mass is 507 g/mol. The van der Waals surface area contributed by atoms with Gasteiger partial charge in [-0.2, -0.15) is 0 Å². The van der Waals surface area contributed by atoms with Crippen LogP contribution in [0.4, 0.5) is 0 Å². The third kappa shape index (κ3) is 6.52. The molecule has 1 aliphatic heterocycles. The van der Waals surface area contributed by atoms with Gasteiger partial charge in [0.25, 0.3) is 0 Å². The average Bonchev–Trinajstić information content (AvgIpc) is 2.65. The number of halogens is 2. The summed E-state index contributed by atoms with van der Waals surface area (Å²) in [5, 5.41) is 4.15. The van der Waals surface area contributed by atoms with Crippen LogP contribution < -0.4 is 5.32 Å². The highest BCUT2D eigenvalue weighted by atomic mass is 127. The molecule has 5 nitrogen and oxygen atoms in total. The van der Waals surface area contributed by atoms with Crippen LogP contribution in [0.15, 0.2) is 29.3 Å². The first-order chi connectivity index (χ1) is 12.4. The molecule has 0 bridgehead atoms. The largest absolute Gasteiger partial charge is 0.469 e. The quantitative estimate of drug-likeness (QED) is 0.282. The molecular formula is C20H31ClIN3O2. The van der Waals surface area contributed by atoms with Gasteiger partial charge in [-0.15, -0.1) is 24.0 Å². The van der Waals surface area contributed by atoms with Gasteiger partial charge >= 0.3 is 5.97 Å². The van der Waals surface area contributed by atoms with Crippen molar-refractivity contribution < 1.29 is 9.53 Å². The number of hydrogen-bond donors (Lipinski definition) is 1. The second kappa shape index (κ2) is 11.1. The van der Waals surface area contributed by atoms with Crippen molar-refractivity contribution in [3.05, 3.63) is 34.9 Å². The maximum absolute atomic E-state index is 11.7. The van der Waals surface area contributed by atoms with E-state index in [2.05, 4.69) is 37.1 Å². The van der Waals surface area contributed by atoms with Crippen molar-refractivity contribution in [2.24, 2.45) is 10.9 Å². The summed E-state index contributed by atoms with van der Waals surface area (Å²) >= 11 is 6.38. The molecular weight excluding hydrogens is 477 g/mol. The summed E-state index contributed by atoms with van der Waals surface area (Å²) in [4.78, 5) is 18.8. The molecule has 0 unspecified atom stereocenters. The van der Waals surface area contributed by atoms with Crippen LogP contribution in [0.5, 0.6) is 0 Å². The first kappa shape index (κ1) is 24.0. The van der Waals surface area contributed by atoms with E-state index in [-0.39, 0.29) is 41.3 Å². The van der Waals surface area contributed by atoms with Gasteiger partial charge in [0, 0.05) is 30.1 Å². The van der Waals surface area contributed by atoms with Crippen LogP contribution in [-0.2, 0) is 14.9 Å². The van der Waals surface area contributed by atoms with E-state index in [1.807, 2.05) is 18.2 Å². The Morgan fingerprint density at radius 3 is 2.52 bits per heavy atom. The van der Waals surface area contributed by atoms with Crippen molar-refractivity contribution in [3.63, 3.8) is 0 Å². The molecule has 7 heteroatoms. The standard InChI is InChI=1S/C20H30ClN3O2.HI/c1-5-22-19(24-12-10-15(11-13-24)18(25)26-4)23-14-20(2,3)16-8-6-7-9-17(16)21;/h6-9,15H,5,10-14H2,1-4H3,(H,22,23);1H. The normalized spacial score (nSPS) is 15.9. The Hall–Kier alpha value is -1.02. The highest BCUT2D eigenvalue weighted by molar-refractivity contribution is 14.0. The fourth-order valence-electron chi connectivity index (χ4n) is 3.29. The topological polar surface area (TPSA) is 53.9 Å². The van der Waals surface area contributed by atoms with E-state index in [0.717, 1.165) is 49.0 Å². The Morgan fingerprint density at radius 2 is 1.96 bits per heavy atom. The molecule has 1 fully saturated rings. The number of guanidine groups is 1. The molecule has 152 valence electrons. The third-order valence-electron chi connectivity index (χ3n) is 4.89. The molecule has 27 heavy (non-hydrogen) atoms. The van der Waals surface area contributed by atoms with Crippen molar-refractivity contribution in [1.29, 1.82) is 0 Å². The lowest BCUT2D eigenvalue weighted by Crippen LogP contribution is -2.47. The maximum Gasteiger partial charge on any atom is 0.308 e. The van der Waals surface area contributed by atoms with E-state index in [4.69, 9.17) is 21.3 Å². The van der Waals surface area contributed by atoms with E-state index in [1.54, 1.807) is 0 Å². The van der Waals surface area contributed by atoms with Crippen molar-refractivity contribution >= 4 is 47.5 Å². The van der Waals surface area contributed by atoms with Crippen LogP contribution in [0.2, 0.25) is 5.02 Å². The van der Waals surface area contributed by atoms with Crippen LogP contribution in [0.3, 0.4) is 0 Å². The number of methoxy groups -OCH3 is 1. The molecule has 1 saturated heterocycles. The molecule has 2 rings (SSSR count). The van der Waals surface area contributed by atoms with Crippen molar-refractivity contribution in [2.45, 2.75) is 39.0 Å². The van der Waals surface area contributed by atoms with E-state index in [9.17, 15) is 4.79 Å². The summed E-state index contributed by atoms with van der Waals surface area (Å²) in [7, 11) is 1.46. The van der Waals surface area contributed by atoms with Gasteiger partial charge in [0.15, 0.2) is 5.96 Å². The Bertz CT molecular complexity index is 644. The van der Waals surface area contributed by atoms with Gasteiger partial charge in [-0.25, -0.2) is 0 Å². The molecule has 1 N–H and O–H groups in total. The number of rotatable bonds is 5. The van der Waals surface area contributed by atoms with Gasteiger partial charge < -0.3 is 15.0 Å². The number of piperidine rings is 1. The fourth-order valence-corrected chi connectivity index (χ4v) is 3.68. The summed E-state index contributed by atoms with van der Waals surface area (Å²) < 4.78 is 4.87. The Kier molecular flexibility index (Phi) is 9.87.